The molecule has 0 amide bonds. The Morgan fingerprint density at radius 2 is 1.64 bits per heavy atom. The van der Waals surface area contributed by atoms with Gasteiger partial charge in [-0.25, -0.2) is 0 Å². The molecule has 0 heterocycles. The van der Waals surface area contributed by atoms with Gasteiger partial charge in [-0.15, -0.1) is 0 Å². The molecule has 2 rings (SSSR count). The summed E-state index contributed by atoms with van der Waals surface area (Å²) in [5.74, 6) is 0.357. The second-order valence-corrected chi connectivity index (χ2v) is 4.43. The quantitative estimate of drug-likeness (QED) is 0.647. The van der Waals surface area contributed by atoms with Crippen LogP contribution < -0.4 is 4.74 Å². The van der Waals surface area contributed by atoms with Crippen molar-refractivity contribution in [1.29, 1.82) is 0 Å². The first kappa shape index (κ1) is 15.4. The third-order valence-corrected chi connectivity index (χ3v) is 2.92. The number of ether oxygens (including phenoxy) is 1. The number of nitro benzene ring substituents is 2. The van der Waals surface area contributed by atoms with E-state index in [-0.39, 0.29) is 18.0 Å². The van der Waals surface area contributed by atoms with Gasteiger partial charge in [0.05, 0.1) is 9.85 Å². The fraction of sp³-hybridized carbons (Fsp3) is 0.143. The van der Waals surface area contributed by atoms with Crippen molar-refractivity contribution >= 4 is 11.4 Å². The molecular weight excluding hydrogens is 292 g/mol. The molecule has 0 saturated heterocycles. The predicted octanol–water partition coefficient (Wildman–Crippen LogP) is 2.62. The average molecular weight is 304 g/mol. The molecule has 0 aliphatic rings. The van der Waals surface area contributed by atoms with Crippen LogP contribution in [0.2, 0.25) is 0 Å². The molecule has 114 valence electrons. The van der Waals surface area contributed by atoms with E-state index in [9.17, 15) is 25.3 Å². The van der Waals surface area contributed by atoms with Gasteiger partial charge in [-0.05, 0) is 17.7 Å². The summed E-state index contributed by atoms with van der Waals surface area (Å²) in [6.45, 7) is -0.126. The summed E-state index contributed by atoms with van der Waals surface area (Å²) in [6, 6.07) is 11.0. The van der Waals surface area contributed by atoms with Gasteiger partial charge >= 0.3 is 0 Å². The number of nitro groups is 2. The number of non-ortho nitro benzene ring substituents is 2. The minimum atomic E-state index is -1.05. The van der Waals surface area contributed by atoms with Crippen molar-refractivity contribution < 1.29 is 19.7 Å². The van der Waals surface area contributed by atoms with Crippen LogP contribution in [-0.2, 0) is 0 Å². The highest BCUT2D eigenvalue weighted by Gasteiger charge is 2.13. The molecule has 22 heavy (non-hydrogen) atoms. The number of benzene rings is 2. The second kappa shape index (κ2) is 6.64. The van der Waals surface area contributed by atoms with Crippen molar-refractivity contribution in [2.75, 3.05) is 6.61 Å². The van der Waals surface area contributed by atoms with Gasteiger partial charge in [-0.2, -0.15) is 0 Å². The van der Waals surface area contributed by atoms with Crippen LogP contribution in [0.5, 0.6) is 5.75 Å². The molecule has 0 radical (unpaired) electrons. The van der Waals surface area contributed by atoms with E-state index in [1.807, 2.05) is 0 Å². The molecule has 8 heteroatoms. The van der Waals surface area contributed by atoms with Crippen LogP contribution in [0.25, 0.3) is 0 Å². The monoisotopic (exact) mass is 304 g/mol. The number of aliphatic hydroxyl groups excluding tert-OH is 1. The Hall–Kier alpha value is -3.00. The number of aliphatic hydroxyl groups is 1. The molecule has 0 aliphatic heterocycles. The lowest BCUT2D eigenvalue weighted by molar-refractivity contribution is -0.385. The van der Waals surface area contributed by atoms with Crippen molar-refractivity contribution in [2.45, 2.75) is 6.10 Å². The fourth-order valence-corrected chi connectivity index (χ4v) is 1.78. The first-order chi connectivity index (χ1) is 10.5. The first-order valence-corrected chi connectivity index (χ1v) is 6.27. The Morgan fingerprint density at radius 3 is 2.23 bits per heavy atom. The Balaban J connectivity index is 2.00. The van der Waals surface area contributed by atoms with Gasteiger partial charge in [0.2, 0.25) is 0 Å². The highest BCUT2D eigenvalue weighted by Crippen LogP contribution is 2.22. The first-order valence-electron chi connectivity index (χ1n) is 6.27. The maximum atomic E-state index is 10.7. The summed E-state index contributed by atoms with van der Waals surface area (Å²) in [6.07, 6.45) is -1.05. The third kappa shape index (κ3) is 3.76. The van der Waals surface area contributed by atoms with Crippen LogP contribution in [0.1, 0.15) is 11.7 Å². The molecule has 1 atom stereocenters. The molecule has 1 unspecified atom stereocenters. The maximum Gasteiger partial charge on any atom is 0.269 e. The maximum absolute atomic E-state index is 10.7. The average Bonchev–Trinajstić information content (AvgIpc) is 2.53. The molecule has 2 aromatic rings. The van der Waals surface area contributed by atoms with E-state index in [0.717, 1.165) is 0 Å². The summed E-state index contributed by atoms with van der Waals surface area (Å²) in [7, 11) is 0. The van der Waals surface area contributed by atoms with Crippen molar-refractivity contribution in [3.05, 3.63) is 74.3 Å². The Kier molecular flexibility index (Phi) is 4.64. The number of nitrogens with zero attached hydrogens (tertiary/aromatic N) is 2. The van der Waals surface area contributed by atoms with E-state index < -0.39 is 16.0 Å². The standard InChI is InChI=1S/C14H12N2O6/c17-14(10-2-1-3-12(8-10)16(20)21)9-22-13-6-4-11(5-7-13)15(18)19/h1-8,14,17H,9H2. The number of hydrogen-bond acceptors (Lipinski definition) is 6. The zero-order valence-electron chi connectivity index (χ0n) is 11.3. The van der Waals surface area contributed by atoms with Gasteiger partial charge in [0, 0.05) is 24.3 Å². The summed E-state index contributed by atoms with van der Waals surface area (Å²) in [5.41, 5.74) is 0.176. The minimum absolute atomic E-state index is 0.0633. The predicted molar refractivity (Wildman–Crippen MR) is 76.6 cm³/mol. The number of hydrogen-bond donors (Lipinski definition) is 1. The zero-order valence-corrected chi connectivity index (χ0v) is 11.3. The molecule has 8 nitrogen and oxygen atoms in total. The minimum Gasteiger partial charge on any atom is -0.491 e. The lowest BCUT2D eigenvalue weighted by Crippen LogP contribution is -2.10. The van der Waals surface area contributed by atoms with E-state index >= 15 is 0 Å². The SMILES string of the molecule is O=[N+]([O-])c1ccc(OCC(O)c2cccc([N+](=O)[O-])c2)cc1. The summed E-state index contributed by atoms with van der Waals surface area (Å²) >= 11 is 0. The van der Waals surface area contributed by atoms with Gasteiger partial charge in [0.1, 0.15) is 18.5 Å². The van der Waals surface area contributed by atoms with Crippen molar-refractivity contribution in [3.8, 4) is 5.75 Å². The highest BCUT2D eigenvalue weighted by molar-refractivity contribution is 5.37. The lowest BCUT2D eigenvalue weighted by Gasteiger charge is -2.12. The van der Waals surface area contributed by atoms with E-state index in [1.165, 1.54) is 42.5 Å². The van der Waals surface area contributed by atoms with Crippen LogP contribution in [0.3, 0.4) is 0 Å². The molecule has 0 spiro atoms. The van der Waals surface area contributed by atoms with Gasteiger partial charge < -0.3 is 9.84 Å². The lowest BCUT2D eigenvalue weighted by atomic mass is 10.1. The number of rotatable bonds is 6. The Labute approximate surface area is 124 Å². The molecule has 0 fully saturated rings. The van der Waals surface area contributed by atoms with Gasteiger partial charge in [0.25, 0.3) is 11.4 Å². The fourth-order valence-electron chi connectivity index (χ4n) is 1.78. The summed E-state index contributed by atoms with van der Waals surface area (Å²) in [5, 5.41) is 31.2. The van der Waals surface area contributed by atoms with Crippen LogP contribution in [0.4, 0.5) is 11.4 Å². The molecule has 0 bridgehead atoms. The highest BCUT2D eigenvalue weighted by atomic mass is 16.6. The van der Waals surface area contributed by atoms with Crippen molar-refractivity contribution in [3.63, 3.8) is 0 Å². The van der Waals surface area contributed by atoms with Gasteiger partial charge in [-0.1, -0.05) is 12.1 Å². The topological polar surface area (TPSA) is 116 Å². The Morgan fingerprint density at radius 1 is 1.00 bits per heavy atom. The summed E-state index contributed by atoms with van der Waals surface area (Å²) in [4.78, 5) is 20.1. The molecule has 1 N–H and O–H groups in total. The van der Waals surface area contributed by atoms with E-state index in [1.54, 1.807) is 6.07 Å². The van der Waals surface area contributed by atoms with Crippen LogP contribution in [0.15, 0.2) is 48.5 Å². The summed E-state index contributed by atoms with van der Waals surface area (Å²) < 4.78 is 5.31. The van der Waals surface area contributed by atoms with Gasteiger partial charge in [0.15, 0.2) is 0 Å². The van der Waals surface area contributed by atoms with E-state index in [2.05, 4.69) is 0 Å². The van der Waals surface area contributed by atoms with Gasteiger partial charge in [-0.3, -0.25) is 20.2 Å². The third-order valence-electron chi connectivity index (χ3n) is 2.92. The second-order valence-electron chi connectivity index (χ2n) is 4.43. The van der Waals surface area contributed by atoms with E-state index in [4.69, 9.17) is 4.74 Å². The smallest absolute Gasteiger partial charge is 0.269 e. The molecule has 2 aromatic carbocycles. The van der Waals surface area contributed by atoms with Crippen LogP contribution in [0, 0.1) is 20.2 Å². The normalized spacial score (nSPS) is 11.7. The zero-order chi connectivity index (χ0) is 16.1. The Bertz CT molecular complexity index is 686. The van der Waals surface area contributed by atoms with E-state index in [0.29, 0.717) is 11.3 Å². The largest absolute Gasteiger partial charge is 0.491 e. The molecule has 0 aromatic heterocycles. The molecule has 0 saturated carbocycles. The van der Waals surface area contributed by atoms with Crippen LogP contribution in [-0.4, -0.2) is 21.6 Å². The molecule has 0 aliphatic carbocycles. The van der Waals surface area contributed by atoms with Crippen molar-refractivity contribution in [2.24, 2.45) is 0 Å². The van der Waals surface area contributed by atoms with Crippen molar-refractivity contribution in [1.82, 2.24) is 0 Å². The van der Waals surface area contributed by atoms with Crippen LogP contribution >= 0.6 is 0 Å². The molecular formula is C14H12N2O6.